The van der Waals surface area contributed by atoms with Gasteiger partial charge < -0.3 is 9.30 Å². The maximum atomic E-state index is 5.95. The van der Waals surface area contributed by atoms with Crippen molar-refractivity contribution in [1.29, 1.82) is 0 Å². The molecule has 0 spiro atoms. The van der Waals surface area contributed by atoms with E-state index in [1.807, 2.05) is 6.07 Å². The van der Waals surface area contributed by atoms with Crippen molar-refractivity contribution in [3.63, 3.8) is 0 Å². The molecule has 0 aromatic carbocycles. The minimum absolute atomic E-state index is 0.481. The standard InChI is InChI=1S/C16H23BrN4OSi/c1-23(2)9-3-8-22-11-21-14(13-6-7-18-10-19-13)15(17)20-16(21)12-4-5-12/h6-7,10,12,23H,3-5,8-9,11H2,1-2H3. The van der Waals surface area contributed by atoms with Gasteiger partial charge in [-0.05, 0) is 41.3 Å². The van der Waals surface area contributed by atoms with Crippen LogP contribution in [0, 0.1) is 0 Å². The summed E-state index contributed by atoms with van der Waals surface area (Å²) in [7, 11) is -0.481. The van der Waals surface area contributed by atoms with Gasteiger partial charge in [0.25, 0.3) is 0 Å². The molecule has 0 amide bonds. The first-order chi connectivity index (χ1) is 11.2. The normalized spacial score (nSPS) is 14.6. The third kappa shape index (κ3) is 4.27. The van der Waals surface area contributed by atoms with Crippen LogP contribution < -0.4 is 0 Å². The third-order valence-corrected chi connectivity index (χ3v) is 6.13. The second kappa shape index (κ2) is 7.68. The number of hydrogen-bond donors (Lipinski definition) is 0. The Balaban J connectivity index is 1.76. The van der Waals surface area contributed by atoms with Crippen molar-refractivity contribution in [2.24, 2.45) is 0 Å². The highest BCUT2D eigenvalue weighted by Gasteiger charge is 2.31. The van der Waals surface area contributed by atoms with E-state index in [4.69, 9.17) is 9.72 Å². The highest BCUT2D eigenvalue weighted by atomic mass is 79.9. The Morgan fingerprint density at radius 3 is 2.87 bits per heavy atom. The highest BCUT2D eigenvalue weighted by Crippen LogP contribution is 2.42. The van der Waals surface area contributed by atoms with Crippen molar-refractivity contribution in [3.05, 3.63) is 29.0 Å². The fourth-order valence-electron chi connectivity index (χ4n) is 2.65. The molecule has 0 radical (unpaired) electrons. The molecule has 5 nitrogen and oxygen atoms in total. The van der Waals surface area contributed by atoms with Gasteiger partial charge in [0.15, 0.2) is 0 Å². The zero-order valence-corrected chi connectivity index (χ0v) is 16.4. The molecule has 7 heteroatoms. The summed E-state index contributed by atoms with van der Waals surface area (Å²) in [5, 5.41) is 0. The Hall–Kier alpha value is -1.05. The second-order valence-electron chi connectivity index (χ2n) is 6.48. The minimum Gasteiger partial charge on any atom is -0.361 e. The lowest BCUT2D eigenvalue weighted by Crippen LogP contribution is -2.10. The van der Waals surface area contributed by atoms with Gasteiger partial charge in [0.2, 0.25) is 0 Å². The molecule has 1 aliphatic carbocycles. The molecule has 0 saturated heterocycles. The van der Waals surface area contributed by atoms with E-state index in [9.17, 15) is 0 Å². The summed E-state index contributed by atoms with van der Waals surface area (Å²) in [6.07, 6.45) is 6.92. The molecular formula is C16H23BrN4OSi. The summed E-state index contributed by atoms with van der Waals surface area (Å²) in [6, 6.07) is 3.25. The van der Waals surface area contributed by atoms with Gasteiger partial charge in [0, 0.05) is 27.5 Å². The van der Waals surface area contributed by atoms with Crippen molar-refractivity contribution in [2.75, 3.05) is 6.61 Å². The van der Waals surface area contributed by atoms with Crippen LogP contribution in [0.25, 0.3) is 11.4 Å². The Morgan fingerprint density at radius 1 is 1.39 bits per heavy atom. The number of aromatic nitrogens is 4. The van der Waals surface area contributed by atoms with Gasteiger partial charge in [-0.15, -0.1) is 0 Å². The van der Waals surface area contributed by atoms with Crippen LogP contribution in [0.4, 0.5) is 0 Å². The van der Waals surface area contributed by atoms with Gasteiger partial charge in [-0.1, -0.05) is 19.1 Å². The van der Waals surface area contributed by atoms with Gasteiger partial charge in [-0.25, -0.2) is 15.0 Å². The molecule has 1 fully saturated rings. The van der Waals surface area contributed by atoms with E-state index in [-0.39, 0.29) is 0 Å². The van der Waals surface area contributed by atoms with Crippen LogP contribution in [0.1, 0.15) is 31.0 Å². The van der Waals surface area contributed by atoms with E-state index in [1.54, 1.807) is 12.5 Å². The van der Waals surface area contributed by atoms with Crippen molar-refractivity contribution < 1.29 is 4.74 Å². The first-order valence-electron chi connectivity index (χ1n) is 8.27. The minimum atomic E-state index is -0.481. The molecule has 124 valence electrons. The lowest BCUT2D eigenvalue weighted by atomic mass is 10.3. The maximum Gasteiger partial charge on any atom is 0.134 e. The molecule has 2 aromatic heterocycles. The van der Waals surface area contributed by atoms with Gasteiger partial charge in [-0.2, -0.15) is 0 Å². The summed E-state index contributed by atoms with van der Waals surface area (Å²) < 4.78 is 8.97. The second-order valence-corrected chi connectivity index (χ2v) is 10.6. The molecule has 0 bridgehead atoms. The van der Waals surface area contributed by atoms with E-state index in [0.717, 1.165) is 34.8 Å². The fourth-order valence-corrected chi connectivity index (χ4v) is 4.23. The average molecular weight is 395 g/mol. The van der Waals surface area contributed by atoms with Gasteiger partial charge in [0.05, 0.1) is 5.69 Å². The number of rotatable bonds is 8. The molecule has 0 aliphatic heterocycles. The van der Waals surface area contributed by atoms with E-state index in [0.29, 0.717) is 12.6 Å². The number of nitrogens with zero attached hydrogens (tertiary/aromatic N) is 4. The van der Waals surface area contributed by atoms with Crippen LogP contribution in [0.5, 0.6) is 0 Å². The monoisotopic (exact) mass is 394 g/mol. The largest absolute Gasteiger partial charge is 0.361 e. The van der Waals surface area contributed by atoms with Gasteiger partial charge in [-0.3, -0.25) is 0 Å². The smallest absolute Gasteiger partial charge is 0.134 e. The molecule has 0 unspecified atom stereocenters. The number of hydrogen-bond acceptors (Lipinski definition) is 4. The van der Waals surface area contributed by atoms with E-state index >= 15 is 0 Å². The van der Waals surface area contributed by atoms with Crippen LogP contribution in [0.2, 0.25) is 19.1 Å². The molecule has 2 aromatic rings. The van der Waals surface area contributed by atoms with Gasteiger partial charge >= 0.3 is 0 Å². The van der Waals surface area contributed by atoms with Crippen LogP contribution in [0.3, 0.4) is 0 Å². The predicted molar refractivity (Wildman–Crippen MR) is 97.2 cm³/mol. The number of imidazole rings is 1. The van der Waals surface area contributed by atoms with Crippen molar-refractivity contribution in [1.82, 2.24) is 19.5 Å². The molecule has 0 atom stereocenters. The Kier molecular flexibility index (Phi) is 5.61. The predicted octanol–water partition coefficient (Wildman–Crippen LogP) is 3.83. The van der Waals surface area contributed by atoms with Crippen LogP contribution in [-0.2, 0) is 11.5 Å². The van der Waals surface area contributed by atoms with E-state index in [2.05, 4.69) is 43.6 Å². The third-order valence-electron chi connectivity index (χ3n) is 4.01. The molecule has 0 N–H and O–H groups in total. The first-order valence-corrected chi connectivity index (χ1v) is 12.2. The fraction of sp³-hybridized carbons (Fsp3) is 0.562. The Bertz CT molecular complexity index is 643. The average Bonchev–Trinajstić information content (AvgIpc) is 3.32. The number of halogens is 1. The Morgan fingerprint density at radius 2 is 2.22 bits per heavy atom. The topological polar surface area (TPSA) is 52.8 Å². The summed E-state index contributed by atoms with van der Waals surface area (Å²) in [5.41, 5.74) is 1.87. The van der Waals surface area contributed by atoms with Crippen LogP contribution in [-0.4, -0.2) is 34.9 Å². The molecular weight excluding hydrogens is 372 g/mol. The lowest BCUT2D eigenvalue weighted by Gasteiger charge is -2.12. The van der Waals surface area contributed by atoms with E-state index in [1.165, 1.54) is 18.9 Å². The zero-order chi connectivity index (χ0) is 16.2. The number of ether oxygens (including phenoxy) is 1. The molecule has 1 saturated carbocycles. The quantitative estimate of drug-likeness (QED) is 0.504. The molecule has 3 rings (SSSR count). The lowest BCUT2D eigenvalue weighted by molar-refractivity contribution is 0.0764. The van der Waals surface area contributed by atoms with Crippen molar-refractivity contribution in [3.8, 4) is 11.4 Å². The van der Waals surface area contributed by atoms with Crippen molar-refractivity contribution in [2.45, 2.75) is 51.0 Å². The molecule has 2 heterocycles. The molecule has 1 aliphatic rings. The van der Waals surface area contributed by atoms with Crippen LogP contribution >= 0.6 is 15.9 Å². The van der Waals surface area contributed by atoms with Gasteiger partial charge in [0.1, 0.15) is 29.2 Å². The zero-order valence-electron chi connectivity index (χ0n) is 13.7. The summed E-state index contributed by atoms with van der Waals surface area (Å²) in [5.74, 6) is 1.68. The SMILES string of the molecule is C[SiH](C)CCCOCn1c(C2CC2)nc(Br)c1-c1ccncn1. The van der Waals surface area contributed by atoms with Crippen molar-refractivity contribution >= 4 is 24.7 Å². The molecule has 23 heavy (non-hydrogen) atoms. The Labute approximate surface area is 147 Å². The summed E-state index contributed by atoms with van der Waals surface area (Å²) in [4.78, 5) is 13.1. The van der Waals surface area contributed by atoms with Crippen LogP contribution in [0.15, 0.2) is 23.2 Å². The summed E-state index contributed by atoms with van der Waals surface area (Å²) >= 11 is 3.60. The van der Waals surface area contributed by atoms with E-state index < -0.39 is 8.80 Å². The highest BCUT2D eigenvalue weighted by molar-refractivity contribution is 9.10. The maximum absolute atomic E-state index is 5.95. The summed E-state index contributed by atoms with van der Waals surface area (Å²) in [6.45, 7) is 6.12. The first kappa shape index (κ1) is 16.8.